The van der Waals surface area contributed by atoms with Crippen molar-refractivity contribution in [3.05, 3.63) is 29.8 Å². The van der Waals surface area contributed by atoms with E-state index in [4.69, 9.17) is 15.2 Å². The van der Waals surface area contributed by atoms with Crippen LogP contribution in [0.15, 0.2) is 24.3 Å². The van der Waals surface area contributed by atoms with E-state index in [1.807, 2.05) is 5.32 Å². The predicted molar refractivity (Wildman–Crippen MR) is 79.4 cm³/mol. The number of carbonyl (C=O) groups excluding carboxylic acids is 3. The van der Waals surface area contributed by atoms with Crippen LogP contribution in [0.2, 0.25) is 0 Å². The molecular formula is C15H20N2O5. The Morgan fingerprint density at radius 2 is 1.86 bits per heavy atom. The first-order valence-electron chi connectivity index (χ1n) is 6.89. The van der Waals surface area contributed by atoms with Crippen LogP contribution in [0.25, 0.3) is 0 Å². The highest BCUT2D eigenvalue weighted by molar-refractivity contribution is 5.99. The highest BCUT2D eigenvalue weighted by atomic mass is 16.6. The summed E-state index contributed by atoms with van der Waals surface area (Å²) in [5.74, 6) is -1.43. The molecule has 0 aliphatic carbocycles. The highest BCUT2D eigenvalue weighted by Gasteiger charge is 2.28. The van der Waals surface area contributed by atoms with Gasteiger partial charge in [0.05, 0.1) is 6.61 Å². The number of hydrogen-bond donors (Lipinski definition) is 2. The molecule has 0 aromatic heterocycles. The Balaban J connectivity index is 2.92. The van der Waals surface area contributed by atoms with Crippen molar-refractivity contribution in [2.45, 2.75) is 26.9 Å². The minimum atomic E-state index is -1.13. The van der Waals surface area contributed by atoms with Crippen molar-refractivity contribution in [2.75, 3.05) is 6.61 Å². The van der Waals surface area contributed by atoms with Crippen LogP contribution < -0.4 is 15.8 Å². The van der Waals surface area contributed by atoms with E-state index < -0.39 is 24.0 Å². The summed E-state index contributed by atoms with van der Waals surface area (Å²) in [6.45, 7) is 5.55. The number of para-hydroxylation sites is 1. The second-order valence-corrected chi connectivity index (χ2v) is 4.85. The highest BCUT2D eigenvalue weighted by Crippen LogP contribution is 2.20. The van der Waals surface area contributed by atoms with Crippen LogP contribution in [0.5, 0.6) is 5.75 Å². The van der Waals surface area contributed by atoms with Crippen molar-refractivity contribution in [3.63, 3.8) is 0 Å². The average Bonchev–Trinajstić information content (AvgIpc) is 2.44. The number of nitrogens with one attached hydrogen (secondary N) is 1. The van der Waals surface area contributed by atoms with E-state index in [0.717, 1.165) is 0 Å². The Morgan fingerprint density at radius 1 is 1.23 bits per heavy atom. The first-order chi connectivity index (χ1) is 10.4. The monoisotopic (exact) mass is 308 g/mol. The molecule has 0 saturated heterocycles. The molecule has 7 nitrogen and oxygen atoms in total. The van der Waals surface area contributed by atoms with E-state index in [1.54, 1.807) is 39.0 Å². The molecule has 22 heavy (non-hydrogen) atoms. The molecule has 0 unspecified atom stereocenters. The van der Waals surface area contributed by atoms with Gasteiger partial charge in [-0.25, -0.2) is 9.59 Å². The first kappa shape index (κ1) is 17.5. The quantitative estimate of drug-likeness (QED) is 0.774. The number of amides is 3. The molecule has 3 amide bonds. The number of nitrogens with two attached hydrogens (primary N) is 1. The lowest BCUT2D eigenvalue weighted by atomic mass is 10.1. The van der Waals surface area contributed by atoms with Gasteiger partial charge in [-0.15, -0.1) is 0 Å². The minimum absolute atomic E-state index is 0.210. The lowest BCUT2D eigenvalue weighted by Crippen LogP contribution is -2.45. The zero-order valence-corrected chi connectivity index (χ0v) is 12.8. The molecule has 7 heteroatoms. The molecule has 0 spiro atoms. The summed E-state index contributed by atoms with van der Waals surface area (Å²) in [6.07, 6.45) is -1.13. The van der Waals surface area contributed by atoms with Gasteiger partial charge in [-0.05, 0) is 25.0 Å². The largest absolute Gasteiger partial charge is 0.493 e. The molecular weight excluding hydrogens is 288 g/mol. The van der Waals surface area contributed by atoms with Crippen molar-refractivity contribution >= 4 is 17.9 Å². The van der Waals surface area contributed by atoms with E-state index in [2.05, 4.69) is 0 Å². The second-order valence-electron chi connectivity index (χ2n) is 4.85. The van der Waals surface area contributed by atoms with Crippen LogP contribution in [0.4, 0.5) is 4.79 Å². The molecule has 0 aliphatic rings. The van der Waals surface area contributed by atoms with Gasteiger partial charge < -0.3 is 15.2 Å². The average molecular weight is 308 g/mol. The second kappa shape index (κ2) is 8.02. The molecule has 0 fully saturated rings. The van der Waals surface area contributed by atoms with Crippen LogP contribution in [0.1, 0.15) is 31.1 Å². The van der Waals surface area contributed by atoms with Crippen LogP contribution in [0.3, 0.4) is 0 Å². The summed E-state index contributed by atoms with van der Waals surface area (Å²) in [4.78, 5) is 34.9. The van der Waals surface area contributed by atoms with Crippen molar-refractivity contribution in [1.29, 1.82) is 0 Å². The van der Waals surface area contributed by atoms with Crippen LogP contribution >= 0.6 is 0 Å². The fourth-order valence-corrected chi connectivity index (χ4v) is 1.78. The van der Waals surface area contributed by atoms with Gasteiger partial charge in [-0.3, -0.25) is 10.1 Å². The summed E-state index contributed by atoms with van der Waals surface area (Å²) in [5.41, 5.74) is 5.12. The molecule has 1 aromatic carbocycles. The van der Waals surface area contributed by atoms with Gasteiger partial charge in [0.25, 0.3) is 5.91 Å². The molecule has 1 atom stereocenters. The predicted octanol–water partition coefficient (Wildman–Crippen LogP) is 1.46. The number of rotatable bonds is 6. The molecule has 0 radical (unpaired) electrons. The molecule has 0 bridgehead atoms. The van der Waals surface area contributed by atoms with Crippen molar-refractivity contribution in [2.24, 2.45) is 11.7 Å². The van der Waals surface area contributed by atoms with E-state index in [9.17, 15) is 14.4 Å². The molecule has 1 rings (SSSR count). The van der Waals surface area contributed by atoms with Crippen LogP contribution in [-0.2, 0) is 9.53 Å². The zero-order chi connectivity index (χ0) is 16.7. The number of imide groups is 1. The zero-order valence-electron chi connectivity index (χ0n) is 12.8. The van der Waals surface area contributed by atoms with Crippen molar-refractivity contribution in [3.8, 4) is 5.75 Å². The number of carbonyl (C=O) groups is 3. The topological polar surface area (TPSA) is 108 Å². The smallest absolute Gasteiger partial charge is 0.342 e. The lowest BCUT2D eigenvalue weighted by molar-refractivity contribution is -0.130. The minimum Gasteiger partial charge on any atom is -0.493 e. The third-order valence-corrected chi connectivity index (χ3v) is 2.75. The summed E-state index contributed by atoms with van der Waals surface area (Å²) >= 11 is 0. The first-order valence-corrected chi connectivity index (χ1v) is 6.89. The van der Waals surface area contributed by atoms with Gasteiger partial charge in [-0.1, -0.05) is 26.0 Å². The lowest BCUT2D eigenvalue weighted by Gasteiger charge is -2.20. The maximum absolute atomic E-state index is 12.2. The van der Waals surface area contributed by atoms with E-state index in [1.165, 1.54) is 6.07 Å². The normalized spacial score (nSPS) is 11.6. The summed E-state index contributed by atoms with van der Waals surface area (Å²) in [6, 6.07) is 5.56. The maximum atomic E-state index is 12.2. The Bertz CT molecular complexity index is 557. The third-order valence-electron chi connectivity index (χ3n) is 2.75. The SMILES string of the molecule is CCOc1ccccc1C(=O)O[C@@H](C(=O)NC(N)=O)C(C)C. The number of primary amides is 1. The van der Waals surface area contributed by atoms with Crippen molar-refractivity contribution < 1.29 is 23.9 Å². The molecule has 0 aliphatic heterocycles. The van der Waals surface area contributed by atoms with Gasteiger partial charge in [0, 0.05) is 0 Å². The van der Waals surface area contributed by atoms with E-state index in [0.29, 0.717) is 12.4 Å². The summed E-state index contributed by atoms with van der Waals surface area (Å²) in [5, 5.41) is 1.91. The fraction of sp³-hybridized carbons (Fsp3) is 0.400. The summed E-state index contributed by atoms with van der Waals surface area (Å²) in [7, 11) is 0. The van der Waals surface area contributed by atoms with Gasteiger partial charge >= 0.3 is 12.0 Å². The van der Waals surface area contributed by atoms with Crippen molar-refractivity contribution in [1.82, 2.24) is 5.32 Å². The number of esters is 1. The molecule has 3 N–H and O–H groups in total. The summed E-state index contributed by atoms with van der Waals surface area (Å²) < 4.78 is 10.6. The molecule has 120 valence electrons. The van der Waals surface area contributed by atoms with Crippen LogP contribution in [-0.4, -0.2) is 30.6 Å². The molecule has 1 aromatic rings. The van der Waals surface area contributed by atoms with Gasteiger partial charge in [0.2, 0.25) is 0 Å². The third kappa shape index (κ3) is 4.76. The maximum Gasteiger partial charge on any atom is 0.342 e. The van der Waals surface area contributed by atoms with Gasteiger partial charge in [0.1, 0.15) is 11.3 Å². The van der Waals surface area contributed by atoms with Gasteiger partial charge in [0.15, 0.2) is 6.10 Å². The fourth-order valence-electron chi connectivity index (χ4n) is 1.78. The molecule has 0 saturated carbocycles. The number of benzene rings is 1. The Labute approximate surface area is 128 Å². The Hall–Kier alpha value is -2.57. The van der Waals surface area contributed by atoms with Gasteiger partial charge in [-0.2, -0.15) is 0 Å². The van der Waals surface area contributed by atoms with E-state index in [-0.39, 0.29) is 11.5 Å². The Kier molecular flexibility index (Phi) is 6.37. The standard InChI is InChI=1S/C15H20N2O5/c1-4-21-11-8-6-5-7-10(11)14(19)22-12(9(2)3)13(18)17-15(16)20/h5-9,12H,4H2,1-3H3,(H3,16,17,18,20)/t12-/m1/s1. The molecule has 0 heterocycles. The van der Waals surface area contributed by atoms with E-state index >= 15 is 0 Å². The number of hydrogen-bond acceptors (Lipinski definition) is 5. The van der Waals surface area contributed by atoms with Crippen LogP contribution in [0, 0.1) is 5.92 Å². The number of ether oxygens (including phenoxy) is 2. The number of urea groups is 1. The Morgan fingerprint density at radius 3 is 2.41 bits per heavy atom.